The molecular weight excluding hydrogens is 594 g/mol. The summed E-state index contributed by atoms with van der Waals surface area (Å²) in [7, 11) is 1.44. The fourth-order valence-corrected chi connectivity index (χ4v) is 6.52. The Hall–Kier alpha value is -5.57. The summed E-state index contributed by atoms with van der Waals surface area (Å²) in [4.78, 5) is 53.9. The molecule has 6 rings (SSSR count). The Balaban J connectivity index is 1.78. The molecule has 0 spiro atoms. The van der Waals surface area contributed by atoms with Gasteiger partial charge in [-0.05, 0) is 42.7 Å². The van der Waals surface area contributed by atoms with Crippen molar-refractivity contribution in [2.75, 3.05) is 29.9 Å². The van der Waals surface area contributed by atoms with E-state index in [0.29, 0.717) is 5.56 Å². The van der Waals surface area contributed by atoms with E-state index in [4.69, 9.17) is 6.57 Å². The number of halogens is 2. The maximum Gasteiger partial charge on any atom is 0.281 e. The van der Waals surface area contributed by atoms with Gasteiger partial charge in [-0.15, -0.1) is 0 Å². The maximum atomic E-state index is 16.2. The highest BCUT2D eigenvalue weighted by atomic mass is 19.1. The lowest BCUT2D eigenvalue weighted by Gasteiger charge is -2.49. The lowest BCUT2D eigenvalue weighted by molar-refractivity contribution is -0.130. The molecule has 1 fully saturated rings. The van der Waals surface area contributed by atoms with E-state index >= 15 is 8.78 Å². The number of likely N-dealkylation sites (N-methyl/N-ethyl adjacent to an activating group) is 1. The molecule has 2 aromatic carbocycles. The molecule has 0 bridgehead atoms. The fraction of sp³-hybridized carbons (Fsp3) is 0.265. The Morgan fingerprint density at radius 3 is 2.48 bits per heavy atom. The van der Waals surface area contributed by atoms with Crippen molar-refractivity contribution in [2.45, 2.75) is 38.8 Å². The Morgan fingerprint density at radius 2 is 1.83 bits per heavy atom. The summed E-state index contributed by atoms with van der Waals surface area (Å²) in [6, 6.07) is 8.32. The standard InChI is InChI=1S/C34H30F2N6O4/c1-7-26(44)40-16-24-33(45)39(6)31-30(41(24)15-18(40)4)20-14-22(36)28(27-21(35)11-9-13-25(27)43)38-32(20)42(34(31)46)29-19(17(2)3)10-8-12-23(29)37-5/h7-14,17-18,24,43H,1,15-16H2,2-4,6H3/t18-,24-/m1/s1. The van der Waals surface area contributed by atoms with Crippen LogP contribution in [0.15, 0.2) is 59.9 Å². The third-order valence-electron chi connectivity index (χ3n) is 8.73. The van der Waals surface area contributed by atoms with E-state index in [1.807, 2.05) is 13.8 Å². The van der Waals surface area contributed by atoms with Gasteiger partial charge in [0.15, 0.2) is 5.82 Å². The summed E-state index contributed by atoms with van der Waals surface area (Å²) in [6.45, 7) is 17.2. The summed E-state index contributed by atoms with van der Waals surface area (Å²) in [5.74, 6) is -3.44. The van der Waals surface area contributed by atoms with Crippen molar-refractivity contribution in [3.63, 3.8) is 0 Å². The second-order valence-electron chi connectivity index (χ2n) is 11.8. The molecule has 2 aromatic heterocycles. The Morgan fingerprint density at radius 1 is 1.11 bits per heavy atom. The van der Waals surface area contributed by atoms with E-state index in [9.17, 15) is 19.5 Å². The highest BCUT2D eigenvalue weighted by Gasteiger charge is 2.46. The van der Waals surface area contributed by atoms with Crippen LogP contribution in [-0.2, 0) is 9.59 Å². The quantitative estimate of drug-likeness (QED) is 0.245. The molecule has 46 heavy (non-hydrogen) atoms. The van der Waals surface area contributed by atoms with Crippen molar-refractivity contribution in [1.29, 1.82) is 0 Å². The average Bonchev–Trinajstić information content (AvgIpc) is 3.02. The van der Waals surface area contributed by atoms with Gasteiger partial charge in [0.05, 0.1) is 30.1 Å². The second-order valence-corrected chi connectivity index (χ2v) is 11.8. The highest BCUT2D eigenvalue weighted by molar-refractivity contribution is 6.12. The van der Waals surface area contributed by atoms with Crippen molar-refractivity contribution in [2.24, 2.45) is 0 Å². The van der Waals surface area contributed by atoms with Gasteiger partial charge in [-0.2, -0.15) is 0 Å². The van der Waals surface area contributed by atoms with Crippen LogP contribution in [0.5, 0.6) is 5.75 Å². The van der Waals surface area contributed by atoms with Gasteiger partial charge in [0.2, 0.25) is 11.6 Å². The number of aromatic hydroxyl groups is 1. The van der Waals surface area contributed by atoms with Crippen molar-refractivity contribution < 1.29 is 23.5 Å². The summed E-state index contributed by atoms with van der Waals surface area (Å²) >= 11 is 0. The first kappa shape index (κ1) is 30.5. The van der Waals surface area contributed by atoms with E-state index < -0.39 is 52.2 Å². The van der Waals surface area contributed by atoms with Crippen molar-refractivity contribution >= 4 is 39.9 Å². The molecule has 4 heterocycles. The van der Waals surface area contributed by atoms with E-state index in [1.54, 1.807) is 30.0 Å². The van der Waals surface area contributed by atoms with Crippen LogP contribution in [0, 0.1) is 18.2 Å². The number of amides is 2. The smallest absolute Gasteiger partial charge is 0.281 e. The number of carbonyl (C=O) groups is 2. The van der Waals surface area contributed by atoms with Gasteiger partial charge in [-0.25, -0.2) is 18.6 Å². The van der Waals surface area contributed by atoms with Crippen LogP contribution in [0.4, 0.5) is 25.8 Å². The minimum atomic E-state index is -0.979. The molecule has 0 radical (unpaired) electrons. The molecular formula is C34H30F2N6O4. The molecule has 1 N–H and O–H groups in total. The molecule has 12 heteroatoms. The molecule has 2 aliphatic rings. The zero-order chi connectivity index (χ0) is 33.2. The predicted octanol–water partition coefficient (Wildman–Crippen LogP) is 5.28. The molecule has 4 aromatic rings. The molecule has 2 aliphatic heterocycles. The minimum absolute atomic E-state index is 0.00560. The molecule has 10 nitrogen and oxygen atoms in total. The van der Waals surface area contributed by atoms with Gasteiger partial charge in [0.1, 0.15) is 34.6 Å². The Bertz CT molecular complexity index is 2060. The van der Waals surface area contributed by atoms with Gasteiger partial charge in [-0.3, -0.25) is 19.0 Å². The fourth-order valence-electron chi connectivity index (χ4n) is 6.52. The third-order valence-corrected chi connectivity index (χ3v) is 8.73. The van der Waals surface area contributed by atoms with Gasteiger partial charge in [-0.1, -0.05) is 44.7 Å². The highest BCUT2D eigenvalue weighted by Crippen LogP contribution is 2.44. The number of nitrogens with zero attached hydrogens (tertiary/aromatic N) is 6. The number of para-hydroxylation sites is 1. The summed E-state index contributed by atoms with van der Waals surface area (Å²) in [5, 5.41) is 10.7. The first-order chi connectivity index (χ1) is 21.9. The summed E-state index contributed by atoms with van der Waals surface area (Å²) in [5.41, 5.74) is -0.717. The van der Waals surface area contributed by atoms with Crippen LogP contribution in [-0.4, -0.2) is 63.6 Å². The van der Waals surface area contributed by atoms with E-state index in [-0.39, 0.29) is 58.7 Å². The van der Waals surface area contributed by atoms with Gasteiger partial charge in [0.25, 0.3) is 11.5 Å². The largest absolute Gasteiger partial charge is 0.507 e. The van der Waals surface area contributed by atoms with E-state index in [1.165, 1.54) is 39.6 Å². The number of rotatable bonds is 4. The summed E-state index contributed by atoms with van der Waals surface area (Å²) in [6.07, 6.45) is 1.17. The molecule has 0 aliphatic carbocycles. The Labute approximate surface area is 263 Å². The lowest BCUT2D eigenvalue weighted by Crippen LogP contribution is -2.66. The third kappa shape index (κ3) is 4.42. The van der Waals surface area contributed by atoms with Crippen molar-refractivity contribution in [1.82, 2.24) is 14.5 Å². The molecule has 0 saturated carbocycles. The second kappa shape index (κ2) is 11.1. The van der Waals surface area contributed by atoms with Crippen LogP contribution in [0.2, 0.25) is 0 Å². The number of carbonyl (C=O) groups excluding carboxylic acids is 2. The van der Waals surface area contributed by atoms with Crippen LogP contribution in [0.25, 0.3) is 32.8 Å². The molecule has 2 amide bonds. The topological polar surface area (TPSA) is 103 Å². The van der Waals surface area contributed by atoms with Gasteiger partial charge >= 0.3 is 0 Å². The lowest BCUT2D eigenvalue weighted by atomic mass is 9.97. The van der Waals surface area contributed by atoms with Crippen molar-refractivity contribution in [3.8, 4) is 22.7 Å². The number of piperazine rings is 1. The Kier molecular flexibility index (Phi) is 7.35. The predicted molar refractivity (Wildman–Crippen MR) is 171 cm³/mol. The number of phenols is 1. The number of anilines is 2. The number of aromatic nitrogens is 2. The number of pyridine rings is 2. The molecule has 2 atom stereocenters. The molecule has 234 valence electrons. The first-order valence-corrected chi connectivity index (χ1v) is 14.7. The first-order valence-electron chi connectivity index (χ1n) is 14.7. The van der Waals surface area contributed by atoms with Gasteiger partial charge in [0, 0.05) is 25.0 Å². The van der Waals surface area contributed by atoms with Crippen LogP contribution in [0.1, 0.15) is 32.3 Å². The van der Waals surface area contributed by atoms with Crippen LogP contribution in [0.3, 0.4) is 0 Å². The monoisotopic (exact) mass is 624 g/mol. The zero-order valence-electron chi connectivity index (χ0n) is 25.6. The SMILES string of the molecule is [C-]#[N+]c1cccc(C(C)C)c1-n1c(=O)c2c(c3cc(F)c(-c4c(O)cccc4F)nc31)N1C[C@@H](C)N(C(=O)C=C)C[C@@H]1C(=O)N2C. The minimum Gasteiger partial charge on any atom is -0.507 e. The van der Waals surface area contributed by atoms with Gasteiger partial charge < -0.3 is 19.8 Å². The van der Waals surface area contributed by atoms with Crippen molar-refractivity contribution in [3.05, 3.63) is 94.1 Å². The number of benzene rings is 2. The average molecular weight is 625 g/mol. The molecule has 1 saturated heterocycles. The van der Waals surface area contributed by atoms with Crippen LogP contribution < -0.4 is 15.4 Å². The number of hydrogen-bond acceptors (Lipinski definition) is 6. The van der Waals surface area contributed by atoms with Crippen LogP contribution >= 0.6 is 0 Å². The normalized spacial score (nSPS) is 17.6. The van der Waals surface area contributed by atoms with E-state index in [0.717, 1.165) is 12.1 Å². The number of hydrogen-bond donors (Lipinski definition) is 1. The number of fused-ring (bicyclic) bond motifs is 5. The zero-order valence-corrected chi connectivity index (χ0v) is 25.6. The van der Waals surface area contributed by atoms with E-state index in [2.05, 4.69) is 16.4 Å². The number of phenolic OH excluding ortho intramolecular Hbond substituents is 1. The summed E-state index contributed by atoms with van der Waals surface area (Å²) < 4.78 is 32.5. The maximum absolute atomic E-state index is 16.2. The molecule has 0 unspecified atom stereocenters.